The zero-order valence-electron chi connectivity index (χ0n) is 11.2. The van der Waals surface area contributed by atoms with Crippen LogP contribution in [0.4, 0.5) is 11.4 Å². The van der Waals surface area contributed by atoms with Gasteiger partial charge in [0.05, 0.1) is 23.4 Å². The number of carbonyl (C=O) groups excluding carboxylic acids is 1. The molecule has 0 saturated heterocycles. The Morgan fingerprint density at radius 3 is 2.65 bits per heavy atom. The first kappa shape index (κ1) is 14.2. The standard InChI is InChI=1S/C15H15ClN2O2/c1-9-3-5-11(12(16)7-9)15(19)18-13-8-10(17)4-6-14(13)20-2/h3-8H,17H2,1-2H3,(H,18,19). The van der Waals surface area contributed by atoms with Gasteiger partial charge in [-0.15, -0.1) is 0 Å². The molecule has 20 heavy (non-hydrogen) atoms. The first-order valence-electron chi connectivity index (χ1n) is 6.02. The number of methoxy groups -OCH3 is 1. The van der Waals surface area contributed by atoms with Crippen molar-refractivity contribution < 1.29 is 9.53 Å². The van der Waals surface area contributed by atoms with Crippen LogP contribution in [0.5, 0.6) is 5.75 Å². The molecule has 0 spiro atoms. The molecule has 0 aliphatic carbocycles. The number of halogens is 1. The summed E-state index contributed by atoms with van der Waals surface area (Å²) in [4.78, 5) is 12.2. The van der Waals surface area contributed by atoms with E-state index in [9.17, 15) is 4.79 Å². The number of nitrogen functional groups attached to an aromatic ring is 1. The van der Waals surface area contributed by atoms with Crippen molar-refractivity contribution >= 4 is 28.9 Å². The topological polar surface area (TPSA) is 64.3 Å². The summed E-state index contributed by atoms with van der Waals surface area (Å²) >= 11 is 6.08. The van der Waals surface area contributed by atoms with Crippen molar-refractivity contribution in [1.82, 2.24) is 0 Å². The Labute approximate surface area is 122 Å². The number of carbonyl (C=O) groups is 1. The van der Waals surface area contributed by atoms with Crippen LogP contribution in [-0.2, 0) is 0 Å². The highest BCUT2D eigenvalue weighted by atomic mass is 35.5. The van der Waals surface area contributed by atoms with Gasteiger partial charge >= 0.3 is 0 Å². The first-order chi connectivity index (χ1) is 9.51. The van der Waals surface area contributed by atoms with E-state index in [0.717, 1.165) is 5.56 Å². The molecule has 0 fully saturated rings. The SMILES string of the molecule is COc1ccc(N)cc1NC(=O)c1ccc(C)cc1Cl. The Hall–Kier alpha value is -2.20. The summed E-state index contributed by atoms with van der Waals surface area (Å²) in [7, 11) is 1.53. The summed E-state index contributed by atoms with van der Waals surface area (Å²) in [5.41, 5.74) is 8.16. The lowest BCUT2D eigenvalue weighted by Crippen LogP contribution is -2.13. The number of hydrogen-bond donors (Lipinski definition) is 2. The van der Waals surface area contributed by atoms with Crippen molar-refractivity contribution in [1.29, 1.82) is 0 Å². The predicted molar refractivity (Wildman–Crippen MR) is 81.5 cm³/mol. The molecule has 0 saturated carbocycles. The van der Waals surface area contributed by atoms with Crippen LogP contribution in [0.3, 0.4) is 0 Å². The number of nitrogens with two attached hydrogens (primary N) is 1. The van der Waals surface area contributed by atoms with E-state index in [0.29, 0.717) is 27.7 Å². The van der Waals surface area contributed by atoms with Crippen molar-refractivity contribution in [2.45, 2.75) is 6.92 Å². The monoisotopic (exact) mass is 290 g/mol. The fraction of sp³-hybridized carbons (Fsp3) is 0.133. The second-order valence-electron chi connectivity index (χ2n) is 4.40. The third-order valence-electron chi connectivity index (χ3n) is 2.84. The van der Waals surface area contributed by atoms with Crippen LogP contribution in [0, 0.1) is 6.92 Å². The Bertz CT molecular complexity index is 656. The summed E-state index contributed by atoms with van der Waals surface area (Å²) < 4.78 is 5.18. The van der Waals surface area contributed by atoms with Crippen LogP contribution in [0.15, 0.2) is 36.4 Å². The Morgan fingerprint density at radius 2 is 2.00 bits per heavy atom. The molecule has 0 bridgehead atoms. The van der Waals surface area contributed by atoms with Gasteiger partial charge in [0.2, 0.25) is 0 Å². The maximum absolute atomic E-state index is 12.2. The number of ether oxygens (including phenoxy) is 1. The third-order valence-corrected chi connectivity index (χ3v) is 3.15. The van der Waals surface area contributed by atoms with Crippen LogP contribution in [-0.4, -0.2) is 13.0 Å². The number of anilines is 2. The van der Waals surface area contributed by atoms with Gasteiger partial charge in [0, 0.05) is 5.69 Å². The first-order valence-corrected chi connectivity index (χ1v) is 6.40. The third kappa shape index (κ3) is 3.03. The summed E-state index contributed by atoms with van der Waals surface area (Å²) in [6.45, 7) is 1.91. The van der Waals surface area contributed by atoms with Crippen LogP contribution >= 0.6 is 11.6 Å². The van der Waals surface area contributed by atoms with Gasteiger partial charge in [-0.2, -0.15) is 0 Å². The second kappa shape index (κ2) is 5.84. The van der Waals surface area contributed by atoms with Crippen LogP contribution < -0.4 is 15.8 Å². The van der Waals surface area contributed by atoms with E-state index >= 15 is 0 Å². The van der Waals surface area contributed by atoms with E-state index < -0.39 is 0 Å². The molecule has 0 unspecified atom stereocenters. The molecule has 2 aromatic rings. The van der Waals surface area contributed by atoms with E-state index in [1.807, 2.05) is 13.0 Å². The number of rotatable bonds is 3. The maximum atomic E-state index is 12.2. The number of amides is 1. The van der Waals surface area contributed by atoms with Crippen molar-refractivity contribution in [3.05, 3.63) is 52.5 Å². The molecule has 2 rings (SSSR count). The van der Waals surface area contributed by atoms with E-state index in [1.165, 1.54) is 7.11 Å². The van der Waals surface area contributed by atoms with Crippen molar-refractivity contribution in [2.24, 2.45) is 0 Å². The lowest BCUT2D eigenvalue weighted by atomic mass is 10.1. The summed E-state index contributed by atoms with van der Waals surface area (Å²) in [6.07, 6.45) is 0. The number of hydrogen-bond acceptors (Lipinski definition) is 3. The minimum Gasteiger partial charge on any atom is -0.495 e. The number of benzene rings is 2. The number of nitrogens with one attached hydrogen (secondary N) is 1. The zero-order valence-corrected chi connectivity index (χ0v) is 12.0. The maximum Gasteiger partial charge on any atom is 0.257 e. The highest BCUT2D eigenvalue weighted by Crippen LogP contribution is 2.28. The molecule has 5 heteroatoms. The van der Waals surface area contributed by atoms with Crippen molar-refractivity contribution in [2.75, 3.05) is 18.2 Å². The van der Waals surface area contributed by atoms with E-state index in [-0.39, 0.29) is 5.91 Å². The van der Waals surface area contributed by atoms with Crippen LogP contribution in [0.2, 0.25) is 5.02 Å². The number of aryl methyl sites for hydroxylation is 1. The second-order valence-corrected chi connectivity index (χ2v) is 4.80. The zero-order chi connectivity index (χ0) is 14.7. The van der Waals surface area contributed by atoms with Crippen molar-refractivity contribution in [3.63, 3.8) is 0 Å². The molecule has 0 aliphatic rings. The molecule has 0 aromatic heterocycles. The van der Waals surface area contributed by atoms with Crippen molar-refractivity contribution in [3.8, 4) is 5.75 Å². The smallest absolute Gasteiger partial charge is 0.257 e. The normalized spacial score (nSPS) is 10.2. The van der Waals surface area contributed by atoms with Gasteiger partial charge in [-0.3, -0.25) is 4.79 Å². The Morgan fingerprint density at radius 1 is 1.25 bits per heavy atom. The summed E-state index contributed by atoms with van der Waals surface area (Å²) in [6, 6.07) is 10.3. The fourth-order valence-corrected chi connectivity index (χ4v) is 2.14. The Kier molecular flexibility index (Phi) is 4.15. The average Bonchev–Trinajstić information content (AvgIpc) is 2.38. The van der Waals surface area contributed by atoms with E-state index in [1.54, 1.807) is 30.3 Å². The van der Waals surface area contributed by atoms with Gasteiger partial charge in [-0.25, -0.2) is 0 Å². The highest BCUT2D eigenvalue weighted by Gasteiger charge is 2.13. The molecule has 1 amide bonds. The molecule has 0 heterocycles. The lowest BCUT2D eigenvalue weighted by molar-refractivity contribution is 0.102. The average molecular weight is 291 g/mol. The molecule has 0 radical (unpaired) electrons. The van der Waals surface area contributed by atoms with Gasteiger partial charge in [-0.05, 0) is 42.8 Å². The molecular formula is C15H15ClN2O2. The minimum atomic E-state index is -0.307. The minimum absolute atomic E-state index is 0.307. The lowest BCUT2D eigenvalue weighted by Gasteiger charge is -2.11. The van der Waals surface area contributed by atoms with E-state index in [2.05, 4.69) is 5.32 Å². The molecule has 0 aliphatic heterocycles. The van der Waals surface area contributed by atoms with Gasteiger partial charge in [0.15, 0.2) is 0 Å². The quantitative estimate of drug-likeness (QED) is 0.851. The molecule has 104 valence electrons. The summed E-state index contributed by atoms with van der Waals surface area (Å²) in [5, 5.41) is 3.16. The van der Waals surface area contributed by atoms with Crippen LogP contribution in [0.1, 0.15) is 15.9 Å². The van der Waals surface area contributed by atoms with Gasteiger partial charge in [0.1, 0.15) is 5.75 Å². The largest absolute Gasteiger partial charge is 0.495 e. The fourth-order valence-electron chi connectivity index (χ4n) is 1.82. The van der Waals surface area contributed by atoms with E-state index in [4.69, 9.17) is 22.1 Å². The van der Waals surface area contributed by atoms with Gasteiger partial charge in [-0.1, -0.05) is 17.7 Å². The molecule has 4 nitrogen and oxygen atoms in total. The van der Waals surface area contributed by atoms with Crippen LogP contribution in [0.25, 0.3) is 0 Å². The molecule has 2 aromatic carbocycles. The molecular weight excluding hydrogens is 276 g/mol. The van der Waals surface area contributed by atoms with Gasteiger partial charge in [0.25, 0.3) is 5.91 Å². The molecule has 3 N–H and O–H groups in total. The highest BCUT2D eigenvalue weighted by molar-refractivity contribution is 6.34. The summed E-state index contributed by atoms with van der Waals surface area (Å²) in [5.74, 6) is 0.231. The Balaban J connectivity index is 2.30. The van der Waals surface area contributed by atoms with Gasteiger partial charge < -0.3 is 15.8 Å². The molecule has 0 atom stereocenters. The predicted octanol–water partition coefficient (Wildman–Crippen LogP) is 3.49.